The van der Waals surface area contributed by atoms with Crippen molar-refractivity contribution >= 4 is 5.97 Å². The maximum absolute atomic E-state index is 12.3. The van der Waals surface area contributed by atoms with E-state index in [4.69, 9.17) is 4.74 Å². The molecule has 21 heavy (non-hydrogen) atoms. The lowest BCUT2D eigenvalue weighted by Crippen LogP contribution is -2.31. The summed E-state index contributed by atoms with van der Waals surface area (Å²) in [4.78, 5) is 12.3. The summed E-state index contributed by atoms with van der Waals surface area (Å²) >= 11 is 0. The number of esters is 1. The Morgan fingerprint density at radius 2 is 2.00 bits per heavy atom. The van der Waals surface area contributed by atoms with Gasteiger partial charge in [-0.2, -0.15) is 0 Å². The van der Waals surface area contributed by atoms with Gasteiger partial charge >= 0.3 is 5.97 Å². The third-order valence-corrected chi connectivity index (χ3v) is 4.97. The summed E-state index contributed by atoms with van der Waals surface area (Å²) in [7, 11) is 0. The Hall–Kier alpha value is -1.31. The Balaban J connectivity index is 1.99. The Kier molecular flexibility index (Phi) is 5.44. The van der Waals surface area contributed by atoms with Crippen molar-refractivity contribution in [2.24, 2.45) is 0 Å². The molecule has 0 amide bonds. The summed E-state index contributed by atoms with van der Waals surface area (Å²) in [6.45, 7) is 6.54. The lowest BCUT2D eigenvalue weighted by atomic mass is 9.96. The molecular formula is C19H28O2. The van der Waals surface area contributed by atoms with Crippen LogP contribution in [0, 0.1) is 0 Å². The molecule has 1 saturated carbocycles. The fraction of sp³-hybridized carbons (Fsp3) is 0.632. The molecule has 2 nitrogen and oxygen atoms in total. The predicted octanol–water partition coefficient (Wildman–Crippen LogP) is 5.01. The van der Waals surface area contributed by atoms with Gasteiger partial charge in [0.05, 0.1) is 6.42 Å². The van der Waals surface area contributed by atoms with E-state index in [1.165, 1.54) is 18.4 Å². The molecule has 0 spiro atoms. The van der Waals surface area contributed by atoms with E-state index in [-0.39, 0.29) is 11.6 Å². The molecule has 1 atom stereocenters. The minimum absolute atomic E-state index is 0.0694. The van der Waals surface area contributed by atoms with Crippen LogP contribution in [0.2, 0.25) is 0 Å². The van der Waals surface area contributed by atoms with Crippen LogP contribution < -0.4 is 0 Å². The molecule has 0 N–H and O–H groups in total. The van der Waals surface area contributed by atoms with Crippen LogP contribution in [0.4, 0.5) is 0 Å². The third-order valence-electron chi connectivity index (χ3n) is 4.97. The standard InChI is InChI=1S/C19H28O2/c1-4-15(3)17-10-8-9-16(13-17)14-18(20)21-19(5-2)11-6-7-12-19/h8-10,13,15H,4-7,11-12,14H2,1-3H3. The van der Waals surface area contributed by atoms with Crippen molar-refractivity contribution in [2.45, 2.75) is 77.2 Å². The van der Waals surface area contributed by atoms with Crippen LogP contribution in [0.15, 0.2) is 24.3 Å². The van der Waals surface area contributed by atoms with Crippen molar-refractivity contribution < 1.29 is 9.53 Å². The van der Waals surface area contributed by atoms with E-state index >= 15 is 0 Å². The summed E-state index contributed by atoms with van der Waals surface area (Å²) in [5, 5.41) is 0. The molecule has 1 unspecified atom stereocenters. The van der Waals surface area contributed by atoms with Crippen LogP contribution >= 0.6 is 0 Å². The highest BCUT2D eigenvalue weighted by molar-refractivity contribution is 5.73. The van der Waals surface area contributed by atoms with E-state index in [9.17, 15) is 4.79 Å². The molecule has 0 radical (unpaired) electrons. The highest BCUT2D eigenvalue weighted by Crippen LogP contribution is 2.36. The third kappa shape index (κ3) is 4.09. The zero-order chi connectivity index (χ0) is 15.3. The second kappa shape index (κ2) is 7.11. The second-order valence-corrected chi connectivity index (χ2v) is 6.45. The van der Waals surface area contributed by atoms with Gasteiger partial charge in [-0.15, -0.1) is 0 Å². The van der Waals surface area contributed by atoms with E-state index in [2.05, 4.69) is 39.0 Å². The number of carbonyl (C=O) groups is 1. The maximum atomic E-state index is 12.3. The summed E-state index contributed by atoms with van der Waals surface area (Å²) in [6.07, 6.45) is 6.88. The van der Waals surface area contributed by atoms with Crippen molar-refractivity contribution in [1.29, 1.82) is 0 Å². The average molecular weight is 288 g/mol. The molecule has 1 aromatic carbocycles. The SMILES string of the molecule is CCC(C)c1cccc(CC(=O)OC2(CC)CCCC2)c1. The smallest absolute Gasteiger partial charge is 0.310 e. The van der Waals surface area contributed by atoms with Gasteiger partial charge in [0.1, 0.15) is 5.60 Å². The van der Waals surface area contributed by atoms with Crippen molar-refractivity contribution in [1.82, 2.24) is 0 Å². The lowest BCUT2D eigenvalue weighted by Gasteiger charge is -2.27. The summed E-state index contributed by atoms with van der Waals surface area (Å²) in [5.74, 6) is 0.470. The fourth-order valence-corrected chi connectivity index (χ4v) is 3.24. The number of benzene rings is 1. The first-order valence-electron chi connectivity index (χ1n) is 8.39. The van der Waals surface area contributed by atoms with Crippen molar-refractivity contribution in [3.63, 3.8) is 0 Å². The monoisotopic (exact) mass is 288 g/mol. The van der Waals surface area contributed by atoms with Gasteiger partial charge in [0, 0.05) is 0 Å². The van der Waals surface area contributed by atoms with Crippen LogP contribution in [-0.2, 0) is 16.0 Å². The Morgan fingerprint density at radius 1 is 1.29 bits per heavy atom. The van der Waals surface area contributed by atoms with Crippen LogP contribution in [0.3, 0.4) is 0 Å². The molecule has 2 heteroatoms. The lowest BCUT2D eigenvalue weighted by molar-refractivity contribution is -0.158. The molecule has 0 aliphatic heterocycles. The zero-order valence-corrected chi connectivity index (χ0v) is 13.7. The minimum atomic E-state index is -0.175. The predicted molar refractivity (Wildman–Crippen MR) is 86.4 cm³/mol. The topological polar surface area (TPSA) is 26.3 Å². The molecule has 0 saturated heterocycles. The van der Waals surface area contributed by atoms with Crippen molar-refractivity contribution in [3.8, 4) is 0 Å². The molecular weight excluding hydrogens is 260 g/mol. The minimum Gasteiger partial charge on any atom is -0.459 e. The molecule has 1 aliphatic rings. The number of carbonyl (C=O) groups excluding carboxylic acids is 1. The Morgan fingerprint density at radius 3 is 2.62 bits per heavy atom. The van der Waals surface area contributed by atoms with Crippen LogP contribution in [0.5, 0.6) is 0 Å². The number of hydrogen-bond acceptors (Lipinski definition) is 2. The summed E-state index contributed by atoms with van der Waals surface area (Å²) in [6, 6.07) is 8.38. The quantitative estimate of drug-likeness (QED) is 0.688. The van der Waals surface area contributed by atoms with Crippen molar-refractivity contribution in [3.05, 3.63) is 35.4 Å². The van der Waals surface area contributed by atoms with Crippen LogP contribution in [0.1, 0.15) is 76.3 Å². The van der Waals surface area contributed by atoms with Gasteiger partial charge in [-0.25, -0.2) is 0 Å². The molecule has 1 aromatic rings. The normalized spacial score (nSPS) is 18.4. The van der Waals surface area contributed by atoms with Crippen LogP contribution in [-0.4, -0.2) is 11.6 Å². The van der Waals surface area contributed by atoms with E-state index in [1.54, 1.807) is 0 Å². The first kappa shape index (κ1) is 16.1. The Labute approximate surface area is 128 Å². The highest BCUT2D eigenvalue weighted by atomic mass is 16.6. The fourth-order valence-electron chi connectivity index (χ4n) is 3.24. The van der Waals surface area contributed by atoms with Gasteiger partial charge in [-0.1, -0.05) is 45.0 Å². The van der Waals surface area contributed by atoms with Gasteiger partial charge in [-0.05, 0) is 55.6 Å². The largest absolute Gasteiger partial charge is 0.459 e. The Bertz CT molecular complexity index is 472. The van der Waals surface area contributed by atoms with Gasteiger partial charge in [0.15, 0.2) is 0 Å². The number of rotatable bonds is 6. The van der Waals surface area contributed by atoms with E-state index < -0.39 is 0 Å². The van der Waals surface area contributed by atoms with Crippen molar-refractivity contribution in [2.75, 3.05) is 0 Å². The molecule has 1 aliphatic carbocycles. The first-order valence-corrected chi connectivity index (χ1v) is 8.39. The van der Waals surface area contributed by atoms with E-state index in [0.717, 1.165) is 31.2 Å². The molecule has 0 heterocycles. The molecule has 0 aromatic heterocycles. The highest BCUT2D eigenvalue weighted by Gasteiger charge is 2.35. The molecule has 2 rings (SSSR count). The van der Waals surface area contributed by atoms with E-state index in [0.29, 0.717) is 12.3 Å². The van der Waals surface area contributed by atoms with Gasteiger partial charge in [0.25, 0.3) is 0 Å². The summed E-state index contributed by atoms with van der Waals surface area (Å²) < 4.78 is 5.84. The molecule has 1 fully saturated rings. The van der Waals surface area contributed by atoms with Gasteiger partial charge in [-0.3, -0.25) is 4.79 Å². The average Bonchev–Trinajstić information content (AvgIpc) is 2.95. The molecule has 0 bridgehead atoms. The first-order chi connectivity index (χ1) is 10.1. The van der Waals surface area contributed by atoms with Crippen LogP contribution in [0.25, 0.3) is 0 Å². The maximum Gasteiger partial charge on any atom is 0.310 e. The zero-order valence-electron chi connectivity index (χ0n) is 13.7. The molecule has 116 valence electrons. The van der Waals surface area contributed by atoms with Gasteiger partial charge < -0.3 is 4.74 Å². The number of ether oxygens (including phenoxy) is 1. The van der Waals surface area contributed by atoms with E-state index in [1.807, 2.05) is 6.07 Å². The van der Waals surface area contributed by atoms with Gasteiger partial charge in [0.2, 0.25) is 0 Å². The summed E-state index contributed by atoms with van der Waals surface area (Å²) in [5.41, 5.74) is 2.21. The second-order valence-electron chi connectivity index (χ2n) is 6.45. The number of hydrogen-bond donors (Lipinski definition) is 0.